The molecule has 0 saturated heterocycles. The van der Waals surface area contributed by atoms with Gasteiger partial charge in [0.1, 0.15) is 46.4 Å². The second kappa shape index (κ2) is 18.4. The molecule has 0 aliphatic heterocycles. The second-order valence-electron chi connectivity index (χ2n) is 20.6. The van der Waals surface area contributed by atoms with E-state index in [1.165, 1.54) is 19.9 Å². The first kappa shape index (κ1) is 54.9. The van der Waals surface area contributed by atoms with E-state index in [4.69, 9.17) is 0 Å². The van der Waals surface area contributed by atoms with Crippen LogP contribution < -0.4 is 9.44 Å². The largest absolute Gasteiger partial charge is 0.417 e. The summed E-state index contributed by atoms with van der Waals surface area (Å²) >= 11 is 0. The third-order valence-corrected chi connectivity index (χ3v) is 17.1. The Labute approximate surface area is 414 Å². The molecule has 8 rings (SSSR count). The zero-order valence-corrected chi connectivity index (χ0v) is 41.2. The molecule has 6 aromatic rings. The van der Waals surface area contributed by atoms with E-state index in [1.807, 2.05) is 0 Å². The minimum absolute atomic E-state index is 0.0407. The van der Waals surface area contributed by atoms with Crippen molar-refractivity contribution in [3.05, 3.63) is 107 Å². The smallest absolute Gasteiger partial charge is 0.332 e. The molecule has 402 valence electrons. The van der Waals surface area contributed by atoms with E-state index in [0.717, 1.165) is 51.9 Å². The van der Waals surface area contributed by atoms with Crippen molar-refractivity contribution in [2.45, 2.75) is 121 Å². The Kier molecular flexibility index (Phi) is 13.7. The van der Waals surface area contributed by atoms with Crippen LogP contribution in [0.4, 0.5) is 61.5 Å². The lowest BCUT2D eigenvalue weighted by molar-refractivity contribution is -0.153. The van der Waals surface area contributed by atoms with Crippen LogP contribution in [0, 0.1) is 28.4 Å². The van der Waals surface area contributed by atoms with E-state index < -0.39 is 169 Å². The van der Waals surface area contributed by atoms with E-state index in [0.29, 0.717) is 30.7 Å². The molecule has 10 nitrogen and oxygen atoms in total. The summed E-state index contributed by atoms with van der Waals surface area (Å²) in [7, 11) is -9.78. The average Bonchev–Trinajstić information content (AvgIpc) is 3.93. The molecule has 4 aromatic heterocycles. The fourth-order valence-electron chi connectivity index (χ4n) is 9.58. The molecule has 2 aliphatic carbocycles. The fraction of sp³-hybridized carbons (Fsp3) is 0.458. The monoisotopic (exact) mass is 1100 g/mol. The molecule has 2 aromatic carbocycles. The highest BCUT2D eigenvalue weighted by Crippen LogP contribution is 2.52. The number of pyridine rings is 2. The molecular weight excluding hydrogens is 1050 g/mol. The predicted octanol–water partition coefficient (Wildman–Crippen LogP) is 12.8. The number of benzene rings is 2. The Hall–Kier alpha value is -5.34. The van der Waals surface area contributed by atoms with Crippen molar-refractivity contribution in [3.63, 3.8) is 0 Å². The maximum atomic E-state index is 16.1. The minimum Gasteiger partial charge on any atom is -0.332 e. The topological polar surface area (TPSA) is 128 Å². The molecule has 2 unspecified atom stereocenters. The van der Waals surface area contributed by atoms with Gasteiger partial charge in [-0.1, -0.05) is 77.4 Å². The summed E-state index contributed by atoms with van der Waals surface area (Å²) in [5.41, 5.74) is -10.9. The van der Waals surface area contributed by atoms with Gasteiger partial charge in [0.2, 0.25) is 20.0 Å². The van der Waals surface area contributed by atoms with Gasteiger partial charge in [-0.15, -0.1) is 0 Å². The van der Waals surface area contributed by atoms with Crippen molar-refractivity contribution in [2.24, 2.45) is 16.7 Å². The van der Waals surface area contributed by atoms with Gasteiger partial charge in [0.05, 0.1) is 21.6 Å². The van der Waals surface area contributed by atoms with Crippen LogP contribution in [-0.4, -0.2) is 58.8 Å². The predicted molar refractivity (Wildman–Crippen MR) is 245 cm³/mol. The first-order chi connectivity index (χ1) is 33.9. The molecule has 26 heteroatoms. The summed E-state index contributed by atoms with van der Waals surface area (Å²) in [6.45, 7) is 7.11. The first-order valence-corrected chi connectivity index (χ1v) is 25.9. The molecule has 0 radical (unpaired) electrons. The summed E-state index contributed by atoms with van der Waals surface area (Å²) in [6.07, 6.45) is -19.2. The number of alkyl halides is 12. The molecule has 2 fully saturated rings. The number of sulfonamides is 2. The summed E-state index contributed by atoms with van der Waals surface area (Å²) in [5, 5.41) is -4.10. The van der Waals surface area contributed by atoms with Crippen LogP contribution in [-0.2, 0) is 45.5 Å². The molecule has 2 N–H and O–H groups in total. The van der Waals surface area contributed by atoms with Gasteiger partial charge in [-0.2, -0.15) is 62.1 Å². The van der Waals surface area contributed by atoms with Crippen LogP contribution in [0.1, 0.15) is 94.6 Å². The van der Waals surface area contributed by atoms with Gasteiger partial charge in [0.15, 0.2) is 0 Å². The highest BCUT2D eigenvalue weighted by molar-refractivity contribution is 7.90. The Morgan fingerprint density at radius 2 is 1.01 bits per heavy atom. The average molecular weight is 1100 g/mol. The highest BCUT2D eigenvalue weighted by Gasteiger charge is 2.57. The number of nitrogens with zero attached hydrogens (tertiary/aromatic N) is 4. The standard InChI is InChI=1S/C48H46F14N6O4S2/c1-43(2,3)22-67-20-29(27-17-34(49)37(63-41(27)67)25-13-6-8-15-31(25)45(51,52)53)40(48(60,61)62)66-74(71,72)36-19-33(36)44(4,5)23-68-21-30(39(47(57,58)59)65-73(69,70)24-11-10-12-24)28-18-35(50)38(64-42(28)68)26-14-7-9-16-32(26)46(54,55)56/h6-9,13-18,20-21,24,33,36,39-40,65-66H,10-12,19,22-23H2,1-5H3/t33?,36?,39-,40-/m0/s1. The SMILES string of the molecule is CC(C)(C)Cn1cc([C@H](NS(=O)(=O)C2CC2C(C)(C)Cn2cc([C@H](NS(=O)(=O)C3CCC3)C(F)(F)F)c3cc(F)c(-c4ccccc4C(F)(F)F)nc32)C(F)(F)F)c2cc(F)c(-c3ccccc3C(F)(F)F)nc21. The van der Waals surface area contributed by atoms with Crippen molar-refractivity contribution in [3.8, 4) is 22.5 Å². The summed E-state index contributed by atoms with van der Waals surface area (Å²) in [6, 6.07) is 2.31. The minimum atomic E-state index is -5.45. The number of aromatic nitrogens is 4. The van der Waals surface area contributed by atoms with Crippen molar-refractivity contribution < 1.29 is 78.3 Å². The first-order valence-electron chi connectivity index (χ1n) is 22.8. The van der Waals surface area contributed by atoms with Crippen LogP contribution in [0.3, 0.4) is 0 Å². The summed E-state index contributed by atoms with van der Waals surface area (Å²) in [5.74, 6) is -4.08. The van der Waals surface area contributed by atoms with Gasteiger partial charge < -0.3 is 9.13 Å². The zero-order valence-electron chi connectivity index (χ0n) is 39.6. The molecule has 2 aliphatic rings. The van der Waals surface area contributed by atoms with Crippen molar-refractivity contribution in [2.75, 3.05) is 0 Å². The van der Waals surface area contributed by atoms with Crippen molar-refractivity contribution >= 4 is 42.1 Å². The third-order valence-electron chi connectivity index (χ3n) is 13.3. The number of fused-ring (bicyclic) bond motifs is 2. The number of nitrogens with one attached hydrogen (secondary N) is 2. The number of halogens is 14. The summed E-state index contributed by atoms with van der Waals surface area (Å²) in [4.78, 5) is 8.20. The maximum absolute atomic E-state index is 16.1. The lowest BCUT2D eigenvalue weighted by Gasteiger charge is -2.29. The van der Waals surface area contributed by atoms with E-state index in [-0.39, 0.29) is 25.8 Å². The van der Waals surface area contributed by atoms with Crippen molar-refractivity contribution in [1.29, 1.82) is 0 Å². The zero-order chi connectivity index (χ0) is 54.7. The van der Waals surface area contributed by atoms with Crippen LogP contribution in [0.2, 0.25) is 0 Å². The van der Waals surface area contributed by atoms with Gasteiger partial charge in [-0.3, -0.25) is 0 Å². The molecule has 0 amide bonds. The Bertz CT molecular complexity index is 3370. The van der Waals surface area contributed by atoms with Crippen LogP contribution in [0.5, 0.6) is 0 Å². The van der Waals surface area contributed by atoms with E-state index in [2.05, 4.69) is 9.97 Å². The molecule has 74 heavy (non-hydrogen) atoms. The van der Waals surface area contributed by atoms with Crippen LogP contribution in [0.15, 0.2) is 73.1 Å². The lowest BCUT2D eigenvalue weighted by Crippen LogP contribution is -2.44. The highest BCUT2D eigenvalue weighted by atomic mass is 32.2. The normalized spacial score (nSPS) is 18.5. The van der Waals surface area contributed by atoms with E-state index in [1.54, 1.807) is 30.2 Å². The summed E-state index contributed by atoms with van der Waals surface area (Å²) < 4.78 is 268. The second-order valence-corrected chi connectivity index (χ2v) is 24.6. The third kappa shape index (κ3) is 10.9. The van der Waals surface area contributed by atoms with Crippen LogP contribution in [0.25, 0.3) is 44.6 Å². The number of hydrogen-bond acceptors (Lipinski definition) is 6. The van der Waals surface area contributed by atoms with E-state index >= 15 is 22.0 Å². The Morgan fingerprint density at radius 1 is 0.608 bits per heavy atom. The number of rotatable bonds is 14. The molecular formula is C48H46F14N6O4S2. The number of hydrogen-bond donors (Lipinski definition) is 2. The van der Waals surface area contributed by atoms with Gasteiger partial charge in [-0.25, -0.2) is 35.6 Å². The lowest BCUT2D eigenvalue weighted by atomic mass is 9.87. The molecule has 0 spiro atoms. The van der Waals surface area contributed by atoms with E-state index in [9.17, 15) is 56.3 Å². The van der Waals surface area contributed by atoms with Crippen molar-refractivity contribution in [1.82, 2.24) is 28.5 Å². The fourth-order valence-corrected chi connectivity index (χ4v) is 13.3. The molecule has 4 atom stereocenters. The molecule has 2 saturated carbocycles. The Balaban J connectivity index is 1.17. The Morgan fingerprint density at radius 3 is 1.39 bits per heavy atom. The van der Waals surface area contributed by atoms with Crippen LogP contribution >= 0.6 is 0 Å². The van der Waals surface area contributed by atoms with Gasteiger partial charge >= 0.3 is 24.7 Å². The van der Waals surface area contributed by atoms with Gasteiger partial charge in [0, 0.05) is 58.5 Å². The molecule has 4 heterocycles. The van der Waals surface area contributed by atoms with Gasteiger partial charge in [-0.05, 0) is 60.3 Å². The van der Waals surface area contributed by atoms with Gasteiger partial charge in [0.25, 0.3) is 0 Å². The maximum Gasteiger partial charge on any atom is 0.417 e. The quantitative estimate of drug-likeness (QED) is 0.105. The molecule has 0 bridgehead atoms.